The number of rotatable bonds is 16. The van der Waals surface area contributed by atoms with Gasteiger partial charge in [-0.05, 0) is 62.3 Å². The summed E-state index contributed by atoms with van der Waals surface area (Å²) in [6.07, 6.45) is 3.73. The van der Waals surface area contributed by atoms with E-state index < -0.39 is 30.0 Å². The molecule has 2 rings (SSSR count). The number of para-hydroxylation sites is 1. The quantitative estimate of drug-likeness (QED) is 0.111. The van der Waals surface area contributed by atoms with Gasteiger partial charge in [0.2, 0.25) is 11.8 Å². The van der Waals surface area contributed by atoms with Crippen LogP contribution in [0.3, 0.4) is 0 Å². The maximum Gasteiger partial charge on any atom is 0.320 e. The van der Waals surface area contributed by atoms with Gasteiger partial charge in [0.05, 0.1) is 6.04 Å². The number of amides is 2. The minimum atomic E-state index is -1.07. The van der Waals surface area contributed by atoms with Gasteiger partial charge in [-0.2, -0.15) is 0 Å². The minimum absolute atomic E-state index is 0.0472. The molecule has 38 heavy (non-hydrogen) atoms. The number of nitrogens with two attached hydrogens (primary N) is 2. The highest BCUT2D eigenvalue weighted by atomic mass is 16.4. The number of aliphatic imine (C=N–C) groups is 1. The van der Waals surface area contributed by atoms with Crippen LogP contribution in [0.5, 0.6) is 0 Å². The first-order valence-electron chi connectivity index (χ1n) is 13.0. The number of anilines is 1. The molecule has 3 unspecified atom stereocenters. The summed E-state index contributed by atoms with van der Waals surface area (Å²) in [4.78, 5) is 41.9. The number of carboxylic acid groups (broad SMARTS) is 1. The number of nitrogens with one attached hydrogen (secondary N) is 3. The standard InChI is InChI=1S/C28H40N6O4/c1-3-8-20-12-14-21(15-13-20)16-17-24(32-19(2)27(37)38)26(36)34-23(11-7-18-31-28(29)30)25(35)33-22-9-5-4-6-10-22/h4-6,9-10,12-15,19,23-24,32H,3,7-8,11,16-18H2,1-2H3,(H,33,35)(H,34,36)(H,37,38)(H4,29,30,31). The Labute approximate surface area is 224 Å². The molecule has 8 N–H and O–H groups in total. The highest BCUT2D eigenvalue weighted by molar-refractivity contribution is 5.97. The average molecular weight is 525 g/mol. The summed E-state index contributed by atoms with van der Waals surface area (Å²) < 4.78 is 0. The van der Waals surface area contributed by atoms with E-state index in [2.05, 4.69) is 40.0 Å². The predicted molar refractivity (Wildman–Crippen MR) is 150 cm³/mol. The molecule has 2 aromatic rings. The van der Waals surface area contributed by atoms with Crippen LogP contribution in [-0.4, -0.2) is 53.5 Å². The Hall–Kier alpha value is -3.92. The highest BCUT2D eigenvalue weighted by Gasteiger charge is 2.27. The van der Waals surface area contributed by atoms with E-state index in [9.17, 15) is 19.5 Å². The Bertz CT molecular complexity index is 1050. The molecular formula is C28H40N6O4. The van der Waals surface area contributed by atoms with Gasteiger partial charge in [-0.25, -0.2) is 0 Å². The zero-order valence-electron chi connectivity index (χ0n) is 22.2. The van der Waals surface area contributed by atoms with E-state index in [-0.39, 0.29) is 11.9 Å². The molecule has 0 saturated heterocycles. The molecule has 0 aromatic heterocycles. The van der Waals surface area contributed by atoms with Crippen LogP contribution in [0.4, 0.5) is 5.69 Å². The van der Waals surface area contributed by atoms with Crippen molar-refractivity contribution >= 4 is 29.4 Å². The Morgan fingerprint density at radius 3 is 2.11 bits per heavy atom. The first kappa shape index (κ1) is 30.3. The van der Waals surface area contributed by atoms with Crippen LogP contribution in [0.1, 0.15) is 50.7 Å². The van der Waals surface area contributed by atoms with Crippen molar-refractivity contribution in [2.24, 2.45) is 16.5 Å². The lowest BCUT2D eigenvalue weighted by molar-refractivity contribution is -0.139. The Kier molecular flexibility index (Phi) is 12.8. The molecular weight excluding hydrogens is 484 g/mol. The first-order valence-corrected chi connectivity index (χ1v) is 13.0. The Morgan fingerprint density at radius 2 is 1.53 bits per heavy atom. The van der Waals surface area contributed by atoms with E-state index in [0.717, 1.165) is 18.4 Å². The average Bonchev–Trinajstić information content (AvgIpc) is 2.89. The van der Waals surface area contributed by atoms with Crippen LogP contribution in [0.15, 0.2) is 59.6 Å². The van der Waals surface area contributed by atoms with E-state index in [1.807, 2.05) is 18.2 Å². The van der Waals surface area contributed by atoms with Crippen molar-refractivity contribution < 1.29 is 19.5 Å². The summed E-state index contributed by atoms with van der Waals surface area (Å²) in [5.74, 6) is -1.95. The lowest BCUT2D eigenvalue weighted by Crippen LogP contribution is -2.54. The van der Waals surface area contributed by atoms with Crippen LogP contribution < -0.4 is 27.4 Å². The van der Waals surface area contributed by atoms with Crippen LogP contribution in [0.2, 0.25) is 0 Å². The number of hydrogen-bond acceptors (Lipinski definition) is 5. The van der Waals surface area contributed by atoms with Gasteiger partial charge in [0.1, 0.15) is 12.1 Å². The lowest BCUT2D eigenvalue weighted by Gasteiger charge is -2.24. The van der Waals surface area contributed by atoms with Crippen molar-refractivity contribution in [2.45, 2.75) is 70.5 Å². The van der Waals surface area contributed by atoms with Crippen molar-refractivity contribution in [3.63, 3.8) is 0 Å². The van der Waals surface area contributed by atoms with Gasteiger partial charge in [-0.1, -0.05) is 55.8 Å². The number of guanidine groups is 1. The van der Waals surface area contributed by atoms with Crippen molar-refractivity contribution in [1.82, 2.24) is 10.6 Å². The van der Waals surface area contributed by atoms with Gasteiger partial charge in [0.15, 0.2) is 5.96 Å². The summed E-state index contributed by atoms with van der Waals surface area (Å²) in [5.41, 5.74) is 13.7. The summed E-state index contributed by atoms with van der Waals surface area (Å²) in [7, 11) is 0. The fourth-order valence-corrected chi connectivity index (χ4v) is 3.93. The van der Waals surface area contributed by atoms with Gasteiger partial charge < -0.3 is 27.2 Å². The molecule has 0 saturated carbocycles. The van der Waals surface area contributed by atoms with E-state index in [0.29, 0.717) is 37.9 Å². The molecule has 2 amide bonds. The maximum atomic E-state index is 13.4. The van der Waals surface area contributed by atoms with Crippen LogP contribution in [0, 0.1) is 0 Å². The normalized spacial score (nSPS) is 13.1. The van der Waals surface area contributed by atoms with E-state index >= 15 is 0 Å². The molecule has 0 fully saturated rings. The van der Waals surface area contributed by atoms with E-state index in [1.165, 1.54) is 12.5 Å². The number of carbonyl (C=O) groups excluding carboxylic acids is 2. The summed E-state index contributed by atoms with van der Waals surface area (Å²) >= 11 is 0. The molecule has 206 valence electrons. The third kappa shape index (κ3) is 11.0. The number of hydrogen-bond donors (Lipinski definition) is 6. The smallest absolute Gasteiger partial charge is 0.320 e. The number of nitrogens with zero attached hydrogens (tertiary/aromatic N) is 1. The molecule has 0 aliphatic carbocycles. The number of carboxylic acids is 1. The van der Waals surface area contributed by atoms with Gasteiger partial charge in [0, 0.05) is 12.2 Å². The molecule has 0 radical (unpaired) electrons. The van der Waals surface area contributed by atoms with Crippen molar-refractivity contribution in [3.8, 4) is 0 Å². The first-order chi connectivity index (χ1) is 18.2. The number of aliphatic carboxylic acids is 1. The highest BCUT2D eigenvalue weighted by Crippen LogP contribution is 2.12. The second-order valence-corrected chi connectivity index (χ2v) is 9.25. The largest absolute Gasteiger partial charge is 0.480 e. The zero-order chi connectivity index (χ0) is 27.9. The Morgan fingerprint density at radius 1 is 0.895 bits per heavy atom. The van der Waals surface area contributed by atoms with E-state index in [1.54, 1.807) is 24.3 Å². The fraction of sp³-hybridized carbons (Fsp3) is 0.429. The molecule has 10 nitrogen and oxygen atoms in total. The predicted octanol–water partition coefficient (Wildman–Crippen LogP) is 2.18. The molecule has 0 spiro atoms. The van der Waals surface area contributed by atoms with Gasteiger partial charge >= 0.3 is 5.97 Å². The second-order valence-electron chi connectivity index (χ2n) is 9.25. The number of carbonyl (C=O) groups is 3. The summed E-state index contributed by atoms with van der Waals surface area (Å²) in [6.45, 7) is 3.91. The monoisotopic (exact) mass is 524 g/mol. The van der Waals surface area contributed by atoms with Gasteiger partial charge in [-0.15, -0.1) is 0 Å². The van der Waals surface area contributed by atoms with Crippen molar-refractivity contribution in [1.29, 1.82) is 0 Å². The zero-order valence-corrected chi connectivity index (χ0v) is 22.2. The molecule has 0 heterocycles. The molecule has 0 bridgehead atoms. The molecule has 10 heteroatoms. The van der Waals surface area contributed by atoms with Gasteiger partial charge in [-0.3, -0.25) is 24.7 Å². The third-order valence-electron chi connectivity index (χ3n) is 6.04. The Balaban J connectivity index is 2.14. The molecule has 0 aliphatic rings. The molecule has 2 aromatic carbocycles. The van der Waals surface area contributed by atoms with Crippen LogP contribution in [0.25, 0.3) is 0 Å². The van der Waals surface area contributed by atoms with E-state index in [4.69, 9.17) is 11.5 Å². The van der Waals surface area contributed by atoms with Crippen molar-refractivity contribution in [3.05, 3.63) is 65.7 Å². The number of benzene rings is 2. The molecule has 0 aliphatic heterocycles. The topological polar surface area (TPSA) is 172 Å². The summed E-state index contributed by atoms with van der Waals surface area (Å²) in [5, 5.41) is 17.9. The second kappa shape index (κ2) is 16.0. The van der Waals surface area contributed by atoms with Gasteiger partial charge in [0.25, 0.3) is 0 Å². The van der Waals surface area contributed by atoms with Crippen LogP contribution in [-0.2, 0) is 27.2 Å². The van der Waals surface area contributed by atoms with Crippen molar-refractivity contribution in [2.75, 3.05) is 11.9 Å². The fourth-order valence-electron chi connectivity index (χ4n) is 3.93. The minimum Gasteiger partial charge on any atom is -0.480 e. The SMILES string of the molecule is CCCc1ccc(CCC(NC(C)C(=O)O)C(=O)NC(CCCN=C(N)N)C(=O)Nc2ccccc2)cc1. The molecule has 3 atom stereocenters. The lowest BCUT2D eigenvalue weighted by atomic mass is 10.0. The number of aryl methyl sites for hydroxylation is 2. The third-order valence-corrected chi connectivity index (χ3v) is 6.04. The maximum absolute atomic E-state index is 13.4. The summed E-state index contributed by atoms with van der Waals surface area (Å²) in [6, 6.07) is 14.5. The van der Waals surface area contributed by atoms with Crippen LogP contribution >= 0.6 is 0 Å².